The molecule has 2 aromatic carbocycles. The summed E-state index contributed by atoms with van der Waals surface area (Å²) >= 11 is 0. The molecule has 0 atom stereocenters. The van der Waals surface area contributed by atoms with Crippen molar-refractivity contribution in [1.82, 2.24) is 24.5 Å². The van der Waals surface area contributed by atoms with Gasteiger partial charge in [-0.2, -0.15) is 4.68 Å². The van der Waals surface area contributed by atoms with E-state index in [9.17, 15) is 14.0 Å². The quantitative estimate of drug-likeness (QED) is 0.587. The van der Waals surface area contributed by atoms with Crippen molar-refractivity contribution in [2.75, 3.05) is 5.32 Å². The average molecular weight is 378 g/mol. The number of hydrogen-bond donors (Lipinski definition) is 1. The summed E-state index contributed by atoms with van der Waals surface area (Å²) in [5, 5.41) is 10.5. The van der Waals surface area contributed by atoms with Gasteiger partial charge in [-0.25, -0.2) is 9.37 Å². The third-order valence-corrected chi connectivity index (χ3v) is 4.12. The Kier molecular flexibility index (Phi) is 4.40. The zero-order chi connectivity index (χ0) is 19.7. The van der Waals surface area contributed by atoms with Crippen molar-refractivity contribution in [3.63, 3.8) is 0 Å². The van der Waals surface area contributed by atoms with E-state index in [1.54, 1.807) is 6.07 Å². The van der Waals surface area contributed by atoms with Gasteiger partial charge < -0.3 is 5.32 Å². The molecule has 8 nitrogen and oxygen atoms in total. The number of carbonyl (C=O) groups is 1. The summed E-state index contributed by atoms with van der Waals surface area (Å²) in [5.41, 5.74) is 1.94. The standard InChI is InChI=1S/C19H15FN6O2/c1-12-3-2-4-14(9-12)22-16(27)10-25-11-21-18-17(19(25)28)23-24-26(18)15-7-5-13(20)6-8-15/h2-9,11H,10H2,1H3,(H,22,27). The van der Waals surface area contributed by atoms with Crippen molar-refractivity contribution in [2.24, 2.45) is 0 Å². The number of nitrogens with one attached hydrogen (secondary N) is 1. The number of rotatable bonds is 4. The zero-order valence-corrected chi connectivity index (χ0v) is 14.8. The van der Waals surface area contributed by atoms with E-state index in [1.807, 2.05) is 25.1 Å². The molecule has 0 fully saturated rings. The second-order valence-corrected chi connectivity index (χ2v) is 6.25. The maximum absolute atomic E-state index is 13.1. The van der Waals surface area contributed by atoms with Crippen LogP contribution in [0.25, 0.3) is 16.9 Å². The molecule has 0 aliphatic rings. The third kappa shape index (κ3) is 3.37. The van der Waals surface area contributed by atoms with Crippen LogP contribution in [0.3, 0.4) is 0 Å². The third-order valence-electron chi connectivity index (χ3n) is 4.12. The molecule has 2 heterocycles. The molecular formula is C19H15FN6O2. The van der Waals surface area contributed by atoms with Crippen molar-refractivity contribution in [3.05, 3.63) is 76.6 Å². The van der Waals surface area contributed by atoms with E-state index < -0.39 is 5.56 Å². The molecule has 0 aliphatic heterocycles. The number of amides is 1. The monoisotopic (exact) mass is 378 g/mol. The SMILES string of the molecule is Cc1cccc(NC(=O)Cn2cnc3c(nnn3-c3ccc(F)cc3)c2=O)c1. The second-order valence-electron chi connectivity index (χ2n) is 6.25. The van der Waals surface area contributed by atoms with Gasteiger partial charge in [0.25, 0.3) is 5.56 Å². The Morgan fingerprint density at radius 3 is 2.71 bits per heavy atom. The molecule has 28 heavy (non-hydrogen) atoms. The van der Waals surface area contributed by atoms with Gasteiger partial charge in [-0.3, -0.25) is 14.2 Å². The summed E-state index contributed by atoms with van der Waals surface area (Å²) in [6.07, 6.45) is 1.27. The highest BCUT2D eigenvalue weighted by molar-refractivity contribution is 5.90. The molecule has 1 N–H and O–H groups in total. The van der Waals surface area contributed by atoms with Crippen LogP contribution in [0.1, 0.15) is 5.56 Å². The van der Waals surface area contributed by atoms with Crippen LogP contribution in [0.2, 0.25) is 0 Å². The normalized spacial score (nSPS) is 10.9. The summed E-state index contributed by atoms with van der Waals surface area (Å²) in [6, 6.07) is 12.9. The lowest BCUT2D eigenvalue weighted by Crippen LogP contribution is -2.28. The minimum Gasteiger partial charge on any atom is -0.325 e. The van der Waals surface area contributed by atoms with Crippen LogP contribution >= 0.6 is 0 Å². The van der Waals surface area contributed by atoms with Crippen molar-refractivity contribution in [1.29, 1.82) is 0 Å². The first-order valence-corrected chi connectivity index (χ1v) is 8.44. The minimum atomic E-state index is -0.488. The molecule has 0 aliphatic carbocycles. The summed E-state index contributed by atoms with van der Waals surface area (Å²) in [4.78, 5) is 29.1. The number of aryl methyl sites for hydroxylation is 1. The molecular weight excluding hydrogens is 363 g/mol. The van der Waals surface area contributed by atoms with E-state index in [0.29, 0.717) is 11.4 Å². The van der Waals surface area contributed by atoms with Gasteiger partial charge in [0.2, 0.25) is 5.91 Å². The van der Waals surface area contributed by atoms with Crippen LogP contribution in [-0.4, -0.2) is 30.5 Å². The Bertz CT molecular complexity index is 1230. The first-order chi connectivity index (χ1) is 13.5. The lowest BCUT2D eigenvalue weighted by Gasteiger charge is -2.08. The first kappa shape index (κ1) is 17.5. The van der Waals surface area contributed by atoms with Crippen LogP contribution in [0.15, 0.2) is 59.7 Å². The van der Waals surface area contributed by atoms with Gasteiger partial charge in [0.1, 0.15) is 18.7 Å². The van der Waals surface area contributed by atoms with E-state index in [1.165, 1.54) is 35.3 Å². The maximum atomic E-state index is 13.1. The molecule has 9 heteroatoms. The number of hydrogen-bond acceptors (Lipinski definition) is 5. The fourth-order valence-corrected chi connectivity index (χ4v) is 2.79. The molecule has 0 saturated carbocycles. The predicted octanol–water partition coefficient (Wildman–Crippen LogP) is 2.06. The van der Waals surface area contributed by atoms with Crippen LogP contribution in [0, 0.1) is 12.7 Å². The van der Waals surface area contributed by atoms with E-state index >= 15 is 0 Å². The molecule has 4 aromatic rings. The predicted molar refractivity (Wildman–Crippen MR) is 101 cm³/mol. The van der Waals surface area contributed by atoms with E-state index in [-0.39, 0.29) is 29.4 Å². The van der Waals surface area contributed by atoms with E-state index in [2.05, 4.69) is 20.6 Å². The van der Waals surface area contributed by atoms with Crippen molar-refractivity contribution in [3.8, 4) is 5.69 Å². The second kappa shape index (κ2) is 7.03. The highest BCUT2D eigenvalue weighted by Crippen LogP contribution is 2.13. The minimum absolute atomic E-state index is 0.0233. The number of halogens is 1. The summed E-state index contributed by atoms with van der Waals surface area (Å²) in [7, 11) is 0. The molecule has 0 saturated heterocycles. The maximum Gasteiger partial charge on any atom is 0.284 e. The Morgan fingerprint density at radius 2 is 1.96 bits per heavy atom. The highest BCUT2D eigenvalue weighted by Gasteiger charge is 2.15. The van der Waals surface area contributed by atoms with Gasteiger partial charge >= 0.3 is 0 Å². The molecule has 0 unspecified atom stereocenters. The summed E-state index contributed by atoms with van der Waals surface area (Å²) in [6.45, 7) is 1.71. The van der Waals surface area contributed by atoms with Gasteiger partial charge in [0, 0.05) is 5.69 Å². The average Bonchev–Trinajstić information content (AvgIpc) is 3.09. The fraction of sp³-hybridized carbons (Fsp3) is 0.105. The van der Waals surface area contributed by atoms with Gasteiger partial charge in [0.15, 0.2) is 11.2 Å². The molecule has 0 radical (unpaired) electrons. The van der Waals surface area contributed by atoms with Crippen LogP contribution in [-0.2, 0) is 11.3 Å². The van der Waals surface area contributed by atoms with Crippen LogP contribution < -0.4 is 10.9 Å². The number of aromatic nitrogens is 5. The van der Waals surface area contributed by atoms with Crippen LogP contribution in [0.4, 0.5) is 10.1 Å². The lowest BCUT2D eigenvalue weighted by atomic mass is 10.2. The van der Waals surface area contributed by atoms with Gasteiger partial charge in [-0.1, -0.05) is 17.3 Å². The van der Waals surface area contributed by atoms with Crippen molar-refractivity contribution < 1.29 is 9.18 Å². The van der Waals surface area contributed by atoms with Crippen molar-refractivity contribution in [2.45, 2.75) is 13.5 Å². The number of benzene rings is 2. The van der Waals surface area contributed by atoms with Gasteiger partial charge in [-0.05, 0) is 48.9 Å². The molecule has 2 aromatic heterocycles. The number of fused-ring (bicyclic) bond motifs is 1. The Labute approximate surface area is 158 Å². The smallest absolute Gasteiger partial charge is 0.284 e. The molecule has 0 spiro atoms. The van der Waals surface area contributed by atoms with Gasteiger partial charge in [-0.15, -0.1) is 5.10 Å². The lowest BCUT2D eigenvalue weighted by molar-refractivity contribution is -0.116. The number of nitrogens with zero attached hydrogens (tertiary/aromatic N) is 5. The summed E-state index contributed by atoms with van der Waals surface area (Å²) < 4.78 is 15.6. The number of anilines is 1. The highest BCUT2D eigenvalue weighted by atomic mass is 19.1. The Balaban J connectivity index is 1.61. The van der Waals surface area contributed by atoms with Crippen molar-refractivity contribution >= 4 is 22.8 Å². The van der Waals surface area contributed by atoms with Gasteiger partial charge in [0.05, 0.1) is 5.69 Å². The molecule has 1 amide bonds. The summed E-state index contributed by atoms with van der Waals surface area (Å²) in [5.74, 6) is -0.747. The Morgan fingerprint density at radius 1 is 1.18 bits per heavy atom. The molecule has 140 valence electrons. The largest absolute Gasteiger partial charge is 0.325 e. The fourth-order valence-electron chi connectivity index (χ4n) is 2.79. The molecule has 4 rings (SSSR count). The van der Waals surface area contributed by atoms with Crippen LogP contribution in [0.5, 0.6) is 0 Å². The van der Waals surface area contributed by atoms with E-state index in [0.717, 1.165) is 10.1 Å². The van der Waals surface area contributed by atoms with E-state index in [4.69, 9.17) is 0 Å². The number of carbonyl (C=O) groups excluding carboxylic acids is 1. The zero-order valence-electron chi connectivity index (χ0n) is 14.8. The molecule has 0 bridgehead atoms. The topological polar surface area (TPSA) is 94.7 Å². The first-order valence-electron chi connectivity index (χ1n) is 8.44. The Hall–Kier alpha value is -3.88.